The van der Waals surface area contributed by atoms with Crippen molar-refractivity contribution in [3.05, 3.63) is 95.1 Å². The van der Waals surface area contributed by atoms with E-state index in [1.165, 1.54) is 4.90 Å². The van der Waals surface area contributed by atoms with Gasteiger partial charge < -0.3 is 10.2 Å². The number of unbranched alkanes of at least 4 members (excludes halogenated alkanes) is 1. The minimum atomic E-state index is -4.08. The van der Waals surface area contributed by atoms with Gasteiger partial charge in [0.05, 0.1) is 10.6 Å². The summed E-state index contributed by atoms with van der Waals surface area (Å²) in [7, 11) is -4.08. The Morgan fingerprint density at radius 2 is 1.50 bits per heavy atom. The molecule has 40 heavy (non-hydrogen) atoms. The van der Waals surface area contributed by atoms with E-state index >= 15 is 0 Å². The molecule has 0 aromatic heterocycles. The molecule has 8 heteroatoms. The quantitative estimate of drug-likeness (QED) is 0.290. The van der Waals surface area contributed by atoms with Gasteiger partial charge in [-0.15, -0.1) is 0 Å². The lowest BCUT2D eigenvalue weighted by Gasteiger charge is -2.32. The smallest absolute Gasteiger partial charge is 0.264 e. The first kappa shape index (κ1) is 30.9. The number of anilines is 1. The topological polar surface area (TPSA) is 86.8 Å². The normalized spacial score (nSPS) is 12.0. The summed E-state index contributed by atoms with van der Waals surface area (Å²) in [6.45, 7) is 9.78. The minimum absolute atomic E-state index is 0.103. The van der Waals surface area contributed by atoms with E-state index in [0.29, 0.717) is 18.7 Å². The molecular formula is C32H41N3O4S. The molecule has 2 amide bonds. The Bertz CT molecular complexity index is 1370. The minimum Gasteiger partial charge on any atom is -0.354 e. The van der Waals surface area contributed by atoms with Crippen LogP contribution in [0.2, 0.25) is 0 Å². The molecule has 0 radical (unpaired) electrons. The first-order valence-electron chi connectivity index (χ1n) is 13.8. The fourth-order valence-corrected chi connectivity index (χ4v) is 5.96. The van der Waals surface area contributed by atoms with Crippen LogP contribution < -0.4 is 9.62 Å². The molecule has 3 rings (SSSR count). The van der Waals surface area contributed by atoms with Crippen molar-refractivity contribution in [2.75, 3.05) is 23.9 Å². The number of hydrogen-bond donors (Lipinski definition) is 1. The van der Waals surface area contributed by atoms with Crippen molar-refractivity contribution in [1.29, 1.82) is 0 Å². The Kier molecular flexibility index (Phi) is 10.9. The number of benzene rings is 3. The number of aryl methyl sites for hydroxylation is 3. The summed E-state index contributed by atoms with van der Waals surface area (Å²) in [5, 5.41) is 2.91. The fraction of sp³-hybridized carbons (Fsp3) is 0.375. The van der Waals surface area contributed by atoms with Crippen molar-refractivity contribution < 1.29 is 18.0 Å². The third-order valence-corrected chi connectivity index (χ3v) is 8.65. The van der Waals surface area contributed by atoms with Crippen LogP contribution in [-0.4, -0.2) is 50.8 Å². The third-order valence-electron chi connectivity index (χ3n) is 6.86. The van der Waals surface area contributed by atoms with E-state index in [9.17, 15) is 18.0 Å². The van der Waals surface area contributed by atoms with E-state index in [1.807, 2.05) is 64.1 Å². The summed E-state index contributed by atoms with van der Waals surface area (Å²) < 4.78 is 29.1. The highest BCUT2D eigenvalue weighted by molar-refractivity contribution is 7.92. The first-order valence-corrected chi connectivity index (χ1v) is 15.3. The SMILES string of the molecule is CCCCNC(=O)C(C)N(CCc1ccccc1)C(=O)CN(c1cc(C)cc(C)c1)S(=O)(=O)c1ccc(C)cc1. The Morgan fingerprint density at radius 1 is 0.875 bits per heavy atom. The van der Waals surface area contributed by atoms with Crippen molar-refractivity contribution >= 4 is 27.5 Å². The molecule has 0 aliphatic rings. The van der Waals surface area contributed by atoms with Crippen LogP contribution in [0.1, 0.15) is 48.9 Å². The van der Waals surface area contributed by atoms with Gasteiger partial charge in [0.15, 0.2) is 0 Å². The van der Waals surface area contributed by atoms with E-state index in [1.54, 1.807) is 43.3 Å². The number of nitrogens with zero attached hydrogens (tertiary/aromatic N) is 2. The predicted octanol–water partition coefficient (Wildman–Crippen LogP) is 5.18. The standard InChI is InChI=1S/C32H41N3O4S/c1-6-7-18-33-32(37)27(5)34(19-17-28-11-9-8-10-12-28)31(36)23-35(29-21-25(3)20-26(4)22-29)40(38,39)30-15-13-24(2)14-16-30/h8-16,20-22,27H,6-7,17-19,23H2,1-5H3,(H,33,37). The van der Waals surface area contributed by atoms with Crippen LogP contribution in [0, 0.1) is 20.8 Å². The maximum absolute atomic E-state index is 14.0. The summed E-state index contributed by atoms with van der Waals surface area (Å²) in [6, 6.07) is 21.0. The van der Waals surface area contributed by atoms with Gasteiger partial charge in [-0.2, -0.15) is 0 Å². The molecule has 0 aliphatic heterocycles. The van der Waals surface area contributed by atoms with Crippen LogP contribution in [0.5, 0.6) is 0 Å². The molecule has 0 bridgehead atoms. The maximum atomic E-state index is 14.0. The zero-order valence-corrected chi connectivity index (χ0v) is 25.0. The van der Waals surface area contributed by atoms with Gasteiger partial charge in [0.25, 0.3) is 10.0 Å². The number of amides is 2. The van der Waals surface area contributed by atoms with Crippen LogP contribution in [0.3, 0.4) is 0 Å². The summed E-state index contributed by atoms with van der Waals surface area (Å²) in [5.41, 5.74) is 4.14. The number of nitrogens with one attached hydrogen (secondary N) is 1. The van der Waals surface area contributed by atoms with Gasteiger partial charge in [0, 0.05) is 13.1 Å². The second-order valence-electron chi connectivity index (χ2n) is 10.3. The highest BCUT2D eigenvalue weighted by Crippen LogP contribution is 2.26. The summed E-state index contributed by atoms with van der Waals surface area (Å²) in [4.78, 5) is 28.6. The van der Waals surface area contributed by atoms with Crippen LogP contribution in [-0.2, 0) is 26.0 Å². The summed E-state index contributed by atoms with van der Waals surface area (Å²) >= 11 is 0. The van der Waals surface area contributed by atoms with Crippen molar-refractivity contribution in [3.63, 3.8) is 0 Å². The van der Waals surface area contributed by atoms with E-state index in [-0.39, 0.29) is 17.3 Å². The molecule has 214 valence electrons. The van der Waals surface area contributed by atoms with E-state index < -0.39 is 28.5 Å². The molecule has 0 spiro atoms. The van der Waals surface area contributed by atoms with Crippen LogP contribution in [0.15, 0.2) is 77.7 Å². The average molecular weight is 564 g/mol. The molecule has 0 aliphatic carbocycles. The zero-order valence-electron chi connectivity index (χ0n) is 24.2. The van der Waals surface area contributed by atoms with E-state index in [4.69, 9.17) is 0 Å². The Morgan fingerprint density at radius 3 is 2.10 bits per heavy atom. The predicted molar refractivity (Wildman–Crippen MR) is 161 cm³/mol. The molecule has 0 heterocycles. The molecular weight excluding hydrogens is 522 g/mol. The van der Waals surface area contributed by atoms with Crippen LogP contribution in [0.4, 0.5) is 5.69 Å². The molecule has 0 saturated heterocycles. The monoisotopic (exact) mass is 563 g/mol. The Hall–Kier alpha value is -3.65. The van der Waals surface area contributed by atoms with Crippen molar-refractivity contribution in [3.8, 4) is 0 Å². The van der Waals surface area contributed by atoms with Crippen molar-refractivity contribution in [2.24, 2.45) is 0 Å². The first-order chi connectivity index (χ1) is 19.0. The molecule has 0 fully saturated rings. The van der Waals surface area contributed by atoms with E-state index in [2.05, 4.69) is 5.32 Å². The zero-order chi connectivity index (χ0) is 29.3. The molecule has 1 N–H and O–H groups in total. The van der Waals surface area contributed by atoms with Gasteiger partial charge in [0.2, 0.25) is 11.8 Å². The molecule has 1 atom stereocenters. The molecule has 3 aromatic carbocycles. The van der Waals surface area contributed by atoms with Gasteiger partial charge in [0.1, 0.15) is 12.6 Å². The summed E-state index contributed by atoms with van der Waals surface area (Å²) in [5.74, 6) is -0.696. The lowest BCUT2D eigenvalue weighted by molar-refractivity contribution is -0.138. The highest BCUT2D eigenvalue weighted by atomic mass is 32.2. The second-order valence-corrected chi connectivity index (χ2v) is 12.2. The molecule has 0 saturated carbocycles. The average Bonchev–Trinajstić information content (AvgIpc) is 2.92. The number of sulfonamides is 1. The second kappa shape index (κ2) is 14.1. The molecule has 7 nitrogen and oxygen atoms in total. The van der Waals surface area contributed by atoms with Crippen molar-refractivity contribution in [1.82, 2.24) is 10.2 Å². The van der Waals surface area contributed by atoms with Crippen LogP contribution in [0.25, 0.3) is 0 Å². The molecule has 1 unspecified atom stereocenters. The van der Waals surface area contributed by atoms with Gasteiger partial charge in [-0.3, -0.25) is 13.9 Å². The lowest BCUT2D eigenvalue weighted by Crippen LogP contribution is -2.52. The maximum Gasteiger partial charge on any atom is 0.264 e. The van der Waals surface area contributed by atoms with Gasteiger partial charge in [-0.05, 0) is 81.5 Å². The highest BCUT2D eigenvalue weighted by Gasteiger charge is 2.32. The Balaban J connectivity index is 1.98. The van der Waals surface area contributed by atoms with Crippen LogP contribution >= 0.6 is 0 Å². The fourth-order valence-electron chi connectivity index (χ4n) is 4.57. The Labute approximate surface area is 239 Å². The number of carbonyl (C=O) groups excluding carboxylic acids is 2. The molecule has 3 aromatic rings. The lowest BCUT2D eigenvalue weighted by atomic mass is 10.1. The van der Waals surface area contributed by atoms with E-state index in [0.717, 1.165) is 39.4 Å². The van der Waals surface area contributed by atoms with Gasteiger partial charge in [-0.1, -0.05) is 67.4 Å². The largest absolute Gasteiger partial charge is 0.354 e. The number of carbonyl (C=O) groups is 2. The van der Waals surface area contributed by atoms with Gasteiger partial charge in [-0.25, -0.2) is 8.42 Å². The van der Waals surface area contributed by atoms with Crippen molar-refractivity contribution in [2.45, 2.75) is 64.8 Å². The summed E-state index contributed by atoms with van der Waals surface area (Å²) in [6.07, 6.45) is 2.31. The number of hydrogen-bond acceptors (Lipinski definition) is 4. The number of rotatable bonds is 13. The third kappa shape index (κ3) is 8.18. The van der Waals surface area contributed by atoms with Gasteiger partial charge >= 0.3 is 0 Å².